The first kappa shape index (κ1) is 20.3. The van der Waals surface area contributed by atoms with Gasteiger partial charge in [0.25, 0.3) is 15.9 Å². The second kappa shape index (κ2) is 8.74. The number of amides is 1. The van der Waals surface area contributed by atoms with Gasteiger partial charge < -0.3 is 10.1 Å². The van der Waals surface area contributed by atoms with Crippen molar-refractivity contribution in [2.75, 3.05) is 16.6 Å². The molecule has 0 heterocycles. The van der Waals surface area contributed by atoms with Gasteiger partial charge in [-0.15, -0.1) is 0 Å². The number of benzene rings is 3. The van der Waals surface area contributed by atoms with Crippen molar-refractivity contribution in [3.05, 3.63) is 84.2 Å². The minimum atomic E-state index is -3.74. The van der Waals surface area contributed by atoms with Crippen molar-refractivity contribution in [1.29, 1.82) is 0 Å². The number of para-hydroxylation sites is 1. The van der Waals surface area contributed by atoms with Crippen molar-refractivity contribution < 1.29 is 22.3 Å². The van der Waals surface area contributed by atoms with Gasteiger partial charge in [-0.3, -0.25) is 9.52 Å². The molecule has 0 radical (unpaired) electrons. The maximum atomic E-state index is 12.9. The molecule has 6 nitrogen and oxygen atoms in total. The lowest BCUT2D eigenvalue weighted by molar-refractivity contribution is -0.118. The first-order valence-electron chi connectivity index (χ1n) is 8.70. The Morgan fingerprint density at radius 2 is 1.62 bits per heavy atom. The molecule has 150 valence electrons. The lowest BCUT2D eigenvalue weighted by atomic mass is 10.2. The number of nitrogens with one attached hydrogen (secondary N) is 2. The Kier molecular flexibility index (Phi) is 6.13. The maximum absolute atomic E-state index is 12.9. The molecule has 3 aromatic carbocycles. The quantitative estimate of drug-likeness (QED) is 0.613. The predicted molar refractivity (Wildman–Crippen MR) is 109 cm³/mol. The van der Waals surface area contributed by atoms with E-state index in [2.05, 4.69) is 10.0 Å². The zero-order valence-electron chi connectivity index (χ0n) is 15.6. The average Bonchev–Trinajstić information content (AvgIpc) is 2.70. The summed E-state index contributed by atoms with van der Waals surface area (Å²) in [4.78, 5) is 12.0. The van der Waals surface area contributed by atoms with Gasteiger partial charge in [-0.05, 0) is 67.1 Å². The molecule has 0 aliphatic carbocycles. The van der Waals surface area contributed by atoms with E-state index in [4.69, 9.17) is 4.74 Å². The molecule has 3 rings (SSSR count). The van der Waals surface area contributed by atoms with Crippen LogP contribution in [0.1, 0.15) is 5.56 Å². The molecular weight excluding hydrogens is 395 g/mol. The number of ether oxygens (including phenoxy) is 1. The van der Waals surface area contributed by atoms with Crippen LogP contribution in [0.4, 0.5) is 15.8 Å². The number of carbonyl (C=O) groups excluding carboxylic acids is 1. The van der Waals surface area contributed by atoms with E-state index in [0.717, 1.165) is 5.56 Å². The van der Waals surface area contributed by atoms with Gasteiger partial charge in [0.2, 0.25) is 0 Å². The van der Waals surface area contributed by atoms with Crippen molar-refractivity contribution in [3.63, 3.8) is 0 Å². The molecule has 3 aromatic rings. The lowest BCUT2D eigenvalue weighted by Crippen LogP contribution is -2.20. The number of halogens is 1. The van der Waals surface area contributed by atoms with Gasteiger partial charge in [-0.2, -0.15) is 0 Å². The standard InChI is InChI=1S/C21H19FN2O4S/c1-15-4-2-3-5-20(15)24-29(26,27)19-12-10-18(11-13-19)28-14-21(25)23-17-8-6-16(22)7-9-17/h2-13,24H,14H2,1H3,(H,23,25). The van der Waals surface area contributed by atoms with Crippen LogP contribution in [0.15, 0.2) is 77.7 Å². The van der Waals surface area contributed by atoms with Crippen LogP contribution in [-0.2, 0) is 14.8 Å². The zero-order valence-corrected chi connectivity index (χ0v) is 16.4. The summed E-state index contributed by atoms with van der Waals surface area (Å²) in [5, 5.41) is 2.57. The Balaban J connectivity index is 1.58. The fourth-order valence-electron chi connectivity index (χ4n) is 2.49. The van der Waals surface area contributed by atoms with E-state index in [1.54, 1.807) is 12.1 Å². The highest BCUT2D eigenvalue weighted by Crippen LogP contribution is 2.21. The topological polar surface area (TPSA) is 84.5 Å². The van der Waals surface area contributed by atoms with Crippen molar-refractivity contribution in [1.82, 2.24) is 0 Å². The molecular formula is C21H19FN2O4S. The second-order valence-corrected chi connectivity index (χ2v) is 7.92. The molecule has 0 bridgehead atoms. The van der Waals surface area contributed by atoms with Gasteiger partial charge in [-0.25, -0.2) is 12.8 Å². The first-order chi connectivity index (χ1) is 13.8. The van der Waals surface area contributed by atoms with Gasteiger partial charge in [0.1, 0.15) is 11.6 Å². The average molecular weight is 414 g/mol. The Morgan fingerprint density at radius 1 is 0.966 bits per heavy atom. The van der Waals surface area contributed by atoms with Crippen LogP contribution < -0.4 is 14.8 Å². The molecule has 29 heavy (non-hydrogen) atoms. The predicted octanol–water partition coefficient (Wildman–Crippen LogP) is 3.95. The normalized spacial score (nSPS) is 11.0. The maximum Gasteiger partial charge on any atom is 0.262 e. The SMILES string of the molecule is Cc1ccccc1NS(=O)(=O)c1ccc(OCC(=O)Nc2ccc(F)cc2)cc1. The number of hydrogen-bond donors (Lipinski definition) is 2. The zero-order chi connectivity index (χ0) is 20.9. The van der Waals surface area contributed by atoms with Crippen molar-refractivity contribution >= 4 is 27.3 Å². The van der Waals surface area contributed by atoms with Crippen LogP contribution in [0.3, 0.4) is 0 Å². The number of rotatable bonds is 7. The van der Waals surface area contributed by atoms with Gasteiger partial charge in [0, 0.05) is 5.69 Å². The summed E-state index contributed by atoms with van der Waals surface area (Å²) in [6, 6.07) is 18.2. The summed E-state index contributed by atoms with van der Waals surface area (Å²) in [5.41, 5.74) is 1.76. The van der Waals surface area contributed by atoms with E-state index in [9.17, 15) is 17.6 Å². The summed E-state index contributed by atoms with van der Waals surface area (Å²) < 4.78 is 45.8. The molecule has 0 spiro atoms. The van der Waals surface area contributed by atoms with E-state index in [0.29, 0.717) is 17.1 Å². The lowest BCUT2D eigenvalue weighted by Gasteiger charge is -2.11. The van der Waals surface area contributed by atoms with Gasteiger partial charge >= 0.3 is 0 Å². The summed E-state index contributed by atoms with van der Waals surface area (Å²) in [6.07, 6.45) is 0. The summed E-state index contributed by atoms with van der Waals surface area (Å²) >= 11 is 0. The third-order valence-corrected chi connectivity index (χ3v) is 5.40. The summed E-state index contributed by atoms with van der Waals surface area (Å²) in [6.45, 7) is 1.54. The van der Waals surface area contributed by atoms with Crippen LogP contribution in [0.25, 0.3) is 0 Å². The van der Waals surface area contributed by atoms with Crippen LogP contribution in [0, 0.1) is 12.7 Å². The van der Waals surface area contributed by atoms with Crippen LogP contribution in [-0.4, -0.2) is 20.9 Å². The molecule has 0 aliphatic rings. The molecule has 1 amide bonds. The number of hydrogen-bond acceptors (Lipinski definition) is 4. The fraction of sp³-hybridized carbons (Fsp3) is 0.0952. The van der Waals surface area contributed by atoms with Gasteiger partial charge in [0.05, 0.1) is 10.6 Å². The molecule has 0 aromatic heterocycles. The van der Waals surface area contributed by atoms with E-state index < -0.39 is 21.7 Å². The van der Waals surface area contributed by atoms with Gasteiger partial charge in [-0.1, -0.05) is 18.2 Å². The third-order valence-electron chi connectivity index (χ3n) is 4.02. The molecule has 2 N–H and O–H groups in total. The molecule has 0 unspecified atom stereocenters. The summed E-state index contributed by atoms with van der Waals surface area (Å²) in [7, 11) is -3.74. The van der Waals surface area contributed by atoms with E-state index >= 15 is 0 Å². The molecule has 0 atom stereocenters. The number of sulfonamides is 1. The van der Waals surface area contributed by atoms with Gasteiger partial charge in [0.15, 0.2) is 6.61 Å². The highest BCUT2D eigenvalue weighted by molar-refractivity contribution is 7.92. The number of anilines is 2. The third kappa shape index (κ3) is 5.55. The smallest absolute Gasteiger partial charge is 0.262 e. The highest BCUT2D eigenvalue weighted by Gasteiger charge is 2.15. The summed E-state index contributed by atoms with van der Waals surface area (Å²) in [5.74, 6) is -0.477. The molecule has 0 saturated carbocycles. The van der Waals surface area contributed by atoms with E-state index in [1.165, 1.54) is 48.5 Å². The molecule has 0 fully saturated rings. The monoisotopic (exact) mass is 414 g/mol. The molecule has 0 saturated heterocycles. The Morgan fingerprint density at radius 3 is 2.28 bits per heavy atom. The van der Waals surface area contributed by atoms with Crippen molar-refractivity contribution in [2.45, 2.75) is 11.8 Å². The Labute approximate surface area is 168 Å². The first-order valence-corrected chi connectivity index (χ1v) is 10.2. The largest absolute Gasteiger partial charge is 0.484 e. The number of carbonyl (C=O) groups is 1. The number of aryl methyl sites for hydroxylation is 1. The molecule has 8 heteroatoms. The fourth-order valence-corrected chi connectivity index (χ4v) is 3.62. The minimum Gasteiger partial charge on any atom is -0.484 e. The van der Waals surface area contributed by atoms with E-state index in [-0.39, 0.29) is 11.5 Å². The van der Waals surface area contributed by atoms with E-state index in [1.807, 2.05) is 19.1 Å². The Bertz CT molecular complexity index is 1100. The van der Waals surface area contributed by atoms with Crippen molar-refractivity contribution in [3.8, 4) is 5.75 Å². The molecule has 0 aliphatic heterocycles. The minimum absolute atomic E-state index is 0.0730. The van der Waals surface area contributed by atoms with Crippen molar-refractivity contribution in [2.24, 2.45) is 0 Å². The van der Waals surface area contributed by atoms with Crippen LogP contribution >= 0.6 is 0 Å². The van der Waals surface area contributed by atoms with Crippen LogP contribution in [0.2, 0.25) is 0 Å². The Hall–Kier alpha value is -3.39. The second-order valence-electron chi connectivity index (χ2n) is 6.24. The van der Waals surface area contributed by atoms with Crippen LogP contribution in [0.5, 0.6) is 5.75 Å². The highest BCUT2D eigenvalue weighted by atomic mass is 32.2.